The molecule has 1 aromatic heterocycles. The fraction of sp³-hybridized carbons (Fsp3) is 0.333. The van der Waals surface area contributed by atoms with Crippen molar-refractivity contribution in [2.24, 2.45) is 0 Å². The Morgan fingerprint density at radius 1 is 1.00 bits per heavy atom. The molecule has 3 rings (SSSR count). The number of hydrogen-bond donors (Lipinski definition) is 2. The maximum atomic E-state index is 12.7. The maximum absolute atomic E-state index is 12.7. The van der Waals surface area contributed by atoms with Gasteiger partial charge in [0.2, 0.25) is 5.75 Å². The van der Waals surface area contributed by atoms with Crippen molar-refractivity contribution in [2.45, 2.75) is 19.4 Å². The molecule has 0 fully saturated rings. The number of rotatable bonds is 10. The summed E-state index contributed by atoms with van der Waals surface area (Å²) in [6.45, 7) is 2.55. The molecule has 170 valence electrons. The fourth-order valence-corrected chi connectivity index (χ4v) is 3.45. The van der Waals surface area contributed by atoms with Gasteiger partial charge in [-0.2, -0.15) is 0 Å². The largest absolute Gasteiger partial charge is 0.497 e. The van der Waals surface area contributed by atoms with Crippen molar-refractivity contribution in [3.05, 3.63) is 48.2 Å². The predicted molar refractivity (Wildman–Crippen MR) is 124 cm³/mol. The quantitative estimate of drug-likeness (QED) is 0.495. The van der Waals surface area contributed by atoms with Gasteiger partial charge in [-0.25, -0.2) is 0 Å². The summed E-state index contributed by atoms with van der Waals surface area (Å²) in [5, 5.41) is 7.46. The summed E-state index contributed by atoms with van der Waals surface area (Å²) in [7, 11) is 6.19. The lowest BCUT2D eigenvalue weighted by molar-refractivity contribution is 0.0952. The summed E-state index contributed by atoms with van der Waals surface area (Å²) in [4.78, 5) is 17.1. The number of carbonyl (C=O) groups excluding carboxylic acids is 1. The zero-order valence-corrected chi connectivity index (χ0v) is 19.0. The first kappa shape index (κ1) is 23.0. The predicted octanol–water partition coefficient (Wildman–Crippen LogP) is 3.89. The lowest BCUT2D eigenvalue weighted by Gasteiger charge is -2.18. The Morgan fingerprint density at radius 2 is 1.72 bits per heavy atom. The van der Waals surface area contributed by atoms with Gasteiger partial charge >= 0.3 is 0 Å². The Kier molecular flexibility index (Phi) is 7.59. The second kappa shape index (κ2) is 10.6. The Balaban J connectivity index is 1.64. The molecule has 1 amide bonds. The Morgan fingerprint density at radius 3 is 2.34 bits per heavy atom. The normalized spacial score (nSPS) is 11.5. The van der Waals surface area contributed by atoms with E-state index in [1.807, 2.05) is 24.3 Å². The monoisotopic (exact) mass is 439 g/mol. The third kappa shape index (κ3) is 5.14. The first-order chi connectivity index (χ1) is 15.5. The lowest BCUT2D eigenvalue weighted by atomic mass is 10.1. The van der Waals surface area contributed by atoms with E-state index in [-0.39, 0.29) is 11.9 Å². The fourth-order valence-electron chi connectivity index (χ4n) is 3.45. The molecule has 1 unspecified atom stereocenters. The van der Waals surface area contributed by atoms with Crippen molar-refractivity contribution in [1.29, 1.82) is 0 Å². The van der Waals surface area contributed by atoms with Crippen molar-refractivity contribution in [3.8, 4) is 23.0 Å². The summed E-state index contributed by atoms with van der Waals surface area (Å²) in [6.07, 6.45) is 2.48. The van der Waals surface area contributed by atoms with E-state index < -0.39 is 0 Å². The van der Waals surface area contributed by atoms with Gasteiger partial charge in [0.25, 0.3) is 5.91 Å². The Hall–Kier alpha value is -3.68. The number of benzene rings is 2. The van der Waals surface area contributed by atoms with Crippen LogP contribution in [-0.2, 0) is 0 Å². The summed E-state index contributed by atoms with van der Waals surface area (Å²) >= 11 is 0. The second-order valence-corrected chi connectivity index (χ2v) is 7.25. The number of aromatic nitrogens is 1. The molecule has 0 saturated heterocycles. The van der Waals surface area contributed by atoms with Crippen molar-refractivity contribution in [3.63, 3.8) is 0 Å². The van der Waals surface area contributed by atoms with Gasteiger partial charge in [0.05, 0.1) is 34.0 Å². The highest BCUT2D eigenvalue weighted by molar-refractivity contribution is 5.95. The van der Waals surface area contributed by atoms with Gasteiger partial charge in [0.1, 0.15) is 5.75 Å². The van der Waals surface area contributed by atoms with E-state index in [4.69, 9.17) is 18.9 Å². The van der Waals surface area contributed by atoms with Crippen LogP contribution in [0.4, 0.5) is 5.69 Å². The van der Waals surface area contributed by atoms with Gasteiger partial charge in [0, 0.05) is 47.6 Å². The van der Waals surface area contributed by atoms with Crippen LogP contribution in [0.5, 0.6) is 23.0 Å². The van der Waals surface area contributed by atoms with E-state index in [0.717, 1.165) is 28.8 Å². The third-order valence-electron chi connectivity index (χ3n) is 5.12. The van der Waals surface area contributed by atoms with Gasteiger partial charge in [-0.3, -0.25) is 9.78 Å². The molecule has 0 spiro atoms. The van der Waals surface area contributed by atoms with E-state index in [9.17, 15) is 4.79 Å². The van der Waals surface area contributed by atoms with Crippen LogP contribution in [0.1, 0.15) is 23.7 Å². The highest BCUT2D eigenvalue weighted by atomic mass is 16.5. The minimum Gasteiger partial charge on any atom is -0.497 e. The number of hydrogen-bond acceptors (Lipinski definition) is 7. The highest BCUT2D eigenvalue weighted by Gasteiger charge is 2.17. The number of pyridine rings is 1. The molecule has 0 radical (unpaired) electrons. The molecule has 2 aromatic carbocycles. The zero-order chi connectivity index (χ0) is 23.1. The minimum atomic E-state index is -0.215. The Labute approximate surface area is 187 Å². The summed E-state index contributed by atoms with van der Waals surface area (Å²) in [5.74, 6) is 1.84. The molecule has 1 atom stereocenters. The van der Waals surface area contributed by atoms with Crippen LogP contribution in [0.2, 0.25) is 0 Å². The molecule has 0 saturated carbocycles. The van der Waals surface area contributed by atoms with Gasteiger partial charge in [-0.15, -0.1) is 0 Å². The van der Waals surface area contributed by atoms with E-state index >= 15 is 0 Å². The minimum absolute atomic E-state index is 0.103. The van der Waals surface area contributed by atoms with Crippen LogP contribution < -0.4 is 29.6 Å². The number of anilines is 1. The first-order valence-electron chi connectivity index (χ1n) is 10.3. The smallest absolute Gasteiger partial charge is 0.251 e. The summed E-state index contributed by atoms with van der Waals surface area (Å²) < 4.78 is 21.3. The van der Waals surface area contributed by atoms with Crippen molar-refractivity contribution in [1.82, 2.24) is 10.3 Å². The van der Waals surface area contributed by atoms with Gasteiger partial charge in [-0.05, 0) is 37.6 Å². The number of amides is 1. The average molecular weight is 440 g/mol. The molecule has 3 aromatic rings. The van der Waals surface area contributed by atoms with Crippen molar-refractivity contribution >= 4 is 22.5 Å². The van der Waals surface area contributed by atoms with Crippen molar-refractivity contribution < 1.29 is 23.7 Å². The number of nitrogens with one attached hydrogen (secondary N) is 2. The van der Waals surface area contributed by atoms with E-state index in [1.54, 1.807) is 25.4 Å². The standard InChI is InChI=1S/C24H29N3O5/c1-15(27-20-14-17(29-2)13-19-18(20)7-6-9-25-19)8-10-26-24(28)16-11-21(30-3)23(32-5)22(12-16)31-4/h6-7,9,11-15,27H,8,10H2,1-5H3,(H,26,28). The molecule has 1 heterocycles. The van der Waals surface area contributed by atoms with E-state index in [1.165, 1.54) is 21.3 Å². The summed E-state index contributed by atoms with van der Waals surface area (Å²) in [5.41, 5.74) is 2.23. The number of nitrogens with zero attached hydrogens (tertiary/aromatic N) is 1. The van der Waals surface area contributed by atoms with Crippen LogP contribution in [0.25, 0.3) is 10.9 Å². The number of fused-ring (bicyclic) bond motifs is 1. The molecule has 0 bridgehead atoms. The second-order valence-electron chi connectivity index (χ2n) is 7.25. The topological polar surface area (TPSA) is 90.9 Å². The Bertz CT molecular complexity index is 1060. The molecule has 8 heteroatoms. The molecule has 0 aliphatic rings. The maximum Gasteiger partial charge on any atom is 0.251 e. The molecule has 0 aliphatic carbocycles. The molecule has 32 heavy (non-hydrogen) atoms. The summed E-state index contributed by atoms with van der Waals surface area (Å²) in [6, 6.07) is 11.1. The molecule has 8 nitrogen and oxygen atoms in total. The van der Waals surface area contributed by atoms with Gasteiger partial charge in [-0.1, -0.05) is 0 Å². The zero-order valence-electron chi connectivity index (χ0n) is 19.0. The molecule has 2 N–H and O–H groups in total. The van der Waals surface area contributed by atoms with Gasteiger partial charge < -0.3 is 29.6 Å². The number of carbonyl (C=O) groups is 1. The van der Waals surface area contributed by atoms with Crippen LogP contribution in [-0.4, -0.2) is 51.9 Å². The SMILES string of the molecule is COc1cc(NC(C)CCNC(=O)c2cc(OC)c(OC)c(OC)c2)c2cccnc2c1. The van der Waals surface area contributed by atoms with Crippen LogP contribution in [0.3, 0.4) is 0 Å². The number of methoxy groups -OCH3 is 4. The average Bonchev–Trinajstić information content (AvgIpc) is 2.82. The van der Waals surface area contributed by atoms with E-state index in [2.05, 4.69) is 22.5 Å². The number of ether oxygens (including phenoxy) is 4. The molecular weight excluding hydrogens is 410 g/mol. The lowest BCUT2D eigenvalue weighted by Crippen LogP contribution is -2.28. The third-order valence-corrected chi connectivity index (χ3v) is 5.12. The van der Waals surface area contributed by atoms with Crippen LogP contribution in [0.15, 0.2) is 42.6 Å². The first-order valence-corrected chi connectivity index (χ1v) is 10.3. The van der Waals surface area contributed by atoms with Crippen molar-refractivity contribution in [2.75, 3.05) is 40.3 Å². The van der Waals surface area contributed by atoms with Crippen LogP contribution in [0, 0.1) is 0 Å². The van der Waals surface area contributed by atoms with Gasteiger partial charge in [0.15, 0.2) is 11.5 Å². The molecular formula is C24H29N3O5. The van der Waals surface area contributed by atoms with Crippen LogP contribution >= 0.6 is 0 Å². The van der Waals surface area contributed by atoms with E-state index in [0.29, 0.717) is 29.4 Å². The molecule has 0 aliphatic heterocycles. The highest BCUT2D eigenvalue weighted by Crippen LogP contribution is 2.38.